The third kappa shape index (κ3) is 4.47. The van der Waals surface area contributed by atoms with E-state index in [9.17, 15) is 4.79 Å². The van der Waals surface area contributed by atoms with Gasteiger partial charge in [-0.3, -0.25) is 14.7 Å². The summed E-state index contributed by atoms with van der Waals surface area (Å²) in [6.07, 6.45) is 19.7. The average Bonchev–Trinajstić information content (AvgIpc) is 3.49. The van der Waals surface area contributed by atoms with E-state index in [0.717, 1.165) is 22.9 Å². The van der Waals surface area contributed by atoms with Crippen molar-refractivity contribution in [3.63, 3.8) is 0 Å². The van der Waals surface area contributed by atoms with Crippen molar-refractivity contribution < 1.29 is 4.79 Å². The van der Waals surface area contributed by atoms with Gasteiger partial charge in [-0.15, -0.1) is 0 Å². The average molecular weight is 454 g/mol. The molecule has 0 bridgehead atoms. The zero-order valence-corrected chi connectivity index (χ0v) is 20.8. The molecule has 1 saturated heterocycles. The summed E-state index contributed by atoms with van der Waals surface area (Å²) in [5.41, 5.74) is 3.86. The number of carbonyl (C=O) groups excluding carboxylic acids is 1. The fourth-order valence-corrected chi connectivity index (χ4v) is 7.52. The normalized spacial score (nSPS) is 26.8. The maximum atomic E-state index is 13.7. The van der Waals surface area contributed by atoms with E-state index in [-0.39, 0.29) is 5.91 Å². The van der Waals surface area contributed by atoms with Gasteiger partial charge in [0, 0.05) is 23.5 Å². The second-order valence-corrected chi connectivity index (χ2v) is 11.4. The molecule has 2 heterocycles. The Morgan fingerprint density at radius 2 is 1.47 bits per heavy atom. The quantitative estimate of drug-likeness (QED) is 0.454. The van der Waals surface area contributed by atoms with Gasteiger partial charge in [-0.1, -0.05) is 51.4 Å². The Labute approximate surface area is 197 Å². The highest BCUT2D eigenvalue weighted by atomic mass is 32.2. The number of aromatic nitrogens is 1. The summed E-state index contributed by atoms with van der Waals surface area (Å²) in [6.45, 7) is 4.46. The zero-order chi connectivity index (χ0) is 22.1. The van der Waals surface area contributed by atoms with Crippen molar-refractivity contribution in [2.45, 2.75) is 122 Å². The molecule has 1 aliphatic heterocycles. The number of amides is 1. The summed E-state index contributed by atoms with van der Waals surface area (Å²) in [6, 6.07) is 3.66. The number of thioether (sulfide) groups is 1. The molecule has 3 saturated carbocycles. The van der Waals surface area contributed by atoms with E-state index in [1.165, 1.54) is 94.0 Å². The van der Waals surface area contributed by atoms with Crippen LogP contribution in [-0.4, -0.2) is 32.6 Å². The molecule has 0 N–H and O–H groups in total. The van der Waals surface area contributed by atoms with Crippen LogP contribution < -0.4 is 0 Å². The van der Waals surface area contributed by atoms with Crippen molar-refractivity contribution in [2.24, 2.45) is 4.99 Å². The molecule has 0 radical (unpaired) electrons. The smallest absolute Gasteiger partial charge is 0.267 e. The topological polar surface area (TPSA) is 37.6 Å². The van der Waals surface area contributed by atoms with Crippen molar-refractivity contribution in [1.29, 1.82) is 0 Å². The number of aliphatic imine (C=N–C) groups is 1. The molecule has 5 rings (SSSR count). The van der Waals surface area contributed by atoms with Gasteiger partial charge in [0.15, 0.2) is 5.17 Å². The zero-order valence-electron chi connectivity index (χ0n) is 19.9. The van der Waals surface area contributed by atoms with Gasteiger partial charge in [-0.2, -0.15) is 0 Å². The third-order valence-corrected chi connectivity index (χ3v) is 9.14. The van der Waals surface area contributed by atoms with Gasteiger partial charge in [0.25, 0.3) is 5.91 Å². The number of hydrogen-bond donors (Lipinski definition) is 0. The lowest BCUT2D eigenvalue weighted by Gasteiger charge is -2.31. The Hall–Kier alpha value is -1.49. The lowest BCUT2D eigenvalue weighted by Crippen LogP contribution is -2.41. The Morgan fingerprint density at radius 3 is 2.16 bits per heavy atom. The van der Waals surface area contributed by atoms with Gasteiger partial charge in [-0.25, -0.2) is 0 Å². The third-order valence-electron chi connectivity index (χ3n) is 8.14. The maximum Gasteiger partial charge on any atom is 0.267 e. The number of rotatable bonds is 4. The van der Waals surface area contributed by atoms with E-state index in [2.05, 4.69) is 35.5 Å². The largest absolute Gasteiger partial charge is 0.346 e. The molecule has 0 unspecified atom stereocenters. The van der Waals surface area contributed by atoms with E-state index < -0.39 is 0 Å². The highest BCUT2D eigenvalue weighted by molar-refractivity contribution is 8.18. The molecule has 4 fully saturated rings. The summed E-state index contributed by atoms with van der Waals surface area (Å²) >= 11 is 1.64. The standard InChI is InChI=1S/C27H39N3OS/c1-19-17-21(20(2)29(19)23-15-9-10-16-23)18-25-26(31)30(24-13-7-4-8-14-24)27(32-25)28-22-11-5-3-6-12-22/h17-18,22-24H,3-16H2,1-2H3/b25-18+,28-27?. The monoisotopic (exact) mass is 453 g/mol. The van der Waals surface area contributed by atoms with Crippen molar-refractivity contribution in [3.05, 3.63) is 27.9 Å². The van der Waals surface area contributed by atoms with Gasteiger partial charge in [0.1, 0.15) is 0 Å². The van der Waals surface area contributed by atoms with Crippen LogP contribution in [0.2, 0.25) is 0 Å². The number of hydrogen-bond acceptors (Lipinski definition) is 3. The second kappa shape index (κ2) is 9.79. The van der Waals surface area contributed by atoms with Crippen LogP contribution in [0.4, 0.5) is 0 Å². The van der Waals surface area contributed by atoms with Crippen LogP contribution >= 0.6 is 11.8 Å². The molecule has 5 heteroatoms. The molecule has 1 aromatic heterocycles. The first-order chi connectivity index (χ1) is 15.6. The van der Waals surface area contributed by atoms with Gasteiger partial charge >= 0.3 is 0 Å². The van der Waals surface area contributed by atoms with E-state index in [1.807, 2.05) is 0 Å². The van der Waals surface area contributed by atoms with Crippen molar-refractivity contribution >= 4 is 28.9 Å². The van der Waals surface area contributed by atoms with Crippen LogP contribution in [0, 0.1) is 13.8 Å². The molecular formula is C27H39N3OS. The van der Waals surface area contributed by atoms with Crippen LogP contribution in [0.3, 0.4) is 0 Å². The molecule has 3 aliphatic carbocycles. The SMILES string of the molecule is Cc1cc(/C=C2/SC(=NC3CCCCC3)N(C3CCCCC3)C2=O)c(C)n1C1CCCC1. The first-order valence-corrected chi connectivity index (χ1v) is 13.9. The molecule has 1 aromatic rings. The molecular weight excluding hydrogens is 414 g/mol. The van der Waals surface area contributed by atoms with E-state index in [1.54, 1.807) is 11.8 Å². The lowest BCUT2D eigenvalue weighted by atomic mass is 9.94. The molecule has 0 spiro atoms. The minimum atomic E-state index is 0.196. The fourth-order valence-electron chi connectivity index (χ4n) is 6.42. The van der Waals surface area contributed by atoms with Crippen LogP contribution in [0.1, 0.15) is 113 Å². The minimum Gasteiger partial charge on any atom is -0.346 e. The minimum absolute atomic E-state index is 0.196. The van der Waals surface area contributed by atoms with Crippen molar-refractivity contribution in [2.75, 3.05) is 0 Å². The van der Waals surface area contributed by atoms with Crippen molar-refractivity contribution in [1.82, 2.24) is 9.47 Å². The first-order valence-electron chi connectivity index (χ1n) is 13.1. The predicted octanol–water partition coefficient (Wildman–Crippen LogP) is 7.16. The summed E-state index contributed by atoms with van der Waals surface area (Å²) in [5.74, 6) is 0.196. The molecule has 174 valence electrons. The number of amidine groups is 1. The van der Waals surface area contributed by atoms with Crippen LogP contribution in [0.25, 0.3) is 6.08 Å². The maximum absolute atomic E-state index is 13.7. The number of nitrogens with zero attached hydrogens (tertiary/aromatic N) is 3. The summed E-state index contributed by atoms with van der Waals surface area (Å²) in [7, 11) is 0. The Kier molecular flexibility index (Phi) is 6.82. The van der Waals surface area contributed by atoms with E-state index in [0.29, 0.717) is 18.1 Å². The first kappa shape index (κ1) is 22.3. The Morgan fingerprint density at radius 1 is 0.875 bits per heavy atom. The molecule has 4 aliphatic rings. The Balaban J connectivity index is 1.45. The molecule has 4 nitrogen and oxygen atoms in total. The highest BCUT2D eigenvalue weighted by Crippen LogP contribution is 2.40. The number of aryl methyl sites for hydroxylation is 1. The van der Waals surface area contributed by atoms with Gasteiger partial charge in [0.05, 0.1) is 10.9 Å². The van der Waals surface area contributed by atoms with Gasteiger partial charge in [-0.05, 0) is 81.8 Å². The number of carbonyl (C=O) groups is 1. The molecule has 0 atom stereocenters. The van der Waals surface area contributed by atoms with Crippen molar-refractivity contribution in [3.8, 4) is 0 Å². The Bertz CT molecular complexity index is 896. The van der Waals surface area contributed by atoms with Gasteiger partial charge in [0.2, 0.25) is 0 Å². The predicted molar refractivity (Wildman–Crippen MR) is 135 cm³/mol. The van der Waals surface area contributed by atoms with Crippen LogP contribution in [0.5, 0.6) is 0 Å². The van der Waals surface area contributed by atoms with E-state index >= 15 is 0 Å². The molecule has 0 aromatic carbocycles. The summed E-state index contributed by atoms with van der Waals surface area (Å²) in [4.78, 5) is 21.8. The molecule has 1 amide bonds. The lowest BCUT2D eigenvalue weighted by molar-refractivity contribution is -0.124. The second-order valence-electron chi connectivity index (χ2n) is 10.4. The highest BCUT2D eigenvalue weighted by Gasteiger charge is 2.39. The fraction of sp³-hybridized carbons (Fsp3) is 0.704. The van der Waals surface area contributed by atoms with E-state index in [4.69, 9.17) is 4.99 Å². The van der Waals surface area contributed by atoms with Crippen LogP contribution in [-0.2, 0) is 4.79 Å². The summed E-state index contributed by atoms with van der Waals surface area (Å²) in [5, 5.41) is 0.990. The van der Waals surface area contributed by atoms with Crippen LogP contribution in [0.15, 0.2) is 16.0 Å². The van der Waals surface area contributed by atoms with Gasteiger partial charge < -0.3 is 4.57 Å². The summed E-state index contributed by atoms with van der Waals surface area (Å²) < 4.78 is 2.53. The molecule has 32 heavy (non-hydrogen) atoms.